The molecule has 0 aliphatic carbocycles. The number of hydrogen-bond donors (Lipinski definition) is 2. The molecule has 1 amide bonds. The molecule has 2 aromatic carbocycles. The van der Waals surface area contributed by atoms with Crippen LogP contribution in [0.5, 0.6) is 0 Å². The molecule has 3 rings (SSSR count). The van der Waals surface area contributed by atoms with Gasteiger partial charge in [0.2, 0.25) is 5.91 Å². The molecule has 0 radical (unpaired) electrons. The van der Waals surface area contributed by atoms with Gasteiger partial charge in [0.25, 0.3) is 0 Å². The molecule has 1 heterocycles. The lowest BCUT2D eigenvalue weighted by Crippen LogP contribution is -2.15. The number of carbonyl (C=O) groups excluding carboxylic acids is 1. The summed E-state index contributed by atoms with van der Waals surface area (Å²) in [5.74, 6) is 0.489. The minimum absolute atomic E-state index is 0.0153. The van der Waals surface area contributed by atoms with Crippen LogP contribution in [-0.2, 0) is 24.2 Å². The number of nitrogens with one attached hydrogen (secondary N) is 1. The van der Waals surface area contributed by atoms with Crippen LogP contribution in [0.3, 0.4) is 0 Å². The molecular weight excluding hydrogens is 350 g/mol. The Labute approximate surface area is 165 Å². The fraction of sp³-hybridized carbons (Fsp3) is 0.261. The molecule has 5 nitrogen and oxygen atoms in total. The van der Waals surface area contributed by atoms with Gasteiger partial charge in [-0.15, -0.1) is 0 Å². The molecule has 144 valence electrons. The number of anilines is 1. The monoisotopic (exact) mass is 375 g/mol. The summed E-state index contributed by atoms with van der Waals surface area (Å²) in [5.41, 5.74) is 4.54. The van der Waals surface area contributed by atoms with E-state index in [1.807, 2.05) is 49.4 Å². The van der Waals surface area contributed by atoms with Crippen LogP contribution in [0, 0.1) is 0 Å². The van der Waals surface area contributed by atoms with Crippen molar-refractivity contribution >= 4 is 11.7 Å². The zero-order chi connectivity index (χ0) is 19.8. The molecule has 5 heteroatoms. The van der Waals surface area contributed by atoms with Crippen molar-refractivity contribution in [3.8, 4) is 11.3 Å². The number of rotatable bonds is 8. The van der Waals surface area contributed by atoms with E-state index in [1.54, 1.807) is 6.20 Å². The first-order chi connectivity index (χ1) is 13.7. The summed E-state index contributed by atoms with van der Waals surface area (Å²) in [6, 6.07) is 17.7. The Balaban J connectivity index is 1.62. The van der Waals surface area contributed by atoms with Crippen LogP contribution in [0.1, 0.15) is 36.6 Å². The van der Waals surface area contributed by atoms with Crippen LogP contribution in [0.4, 0.5) is 5.82 Å². The molecule has 3 aromatic rings. The van der Waals surface area contributed by atoms with Crippen LogP contribution in [0.25, 0.3) is 11.3 Å². The van der Waals surface area contributed by atoms with E-state index < -0.39 is 0 Å². The van der Waals surface area contributed by atoms with Gasteiger partial charge < -0.3 is 10.4 Å². The minimum atomic E-state index is -0.0417. The van der Waals surface area contributed by atoms with Gasteiger partial charge in [0.1, 0.15) is 0 Å². The summed E-state index contributed by atoms with van der Waals surface area (Å²) in [7, 11) is 0. The molecule has 0 spiro atoms. The molecule has 1 aromatic heterocycles. The van der Waals surface area contributed by atoms with E-state index >= 15 is 0 Å². The Bertz CT molecular complexity index is 909. The first-order valence-corrected chi connectivity index (χ1v) is 9.59. The molecule has 0 saturated heterocycles. The zero-order valence-corrected chi connectivity index (χ0v) is 16.1. The lowest BCUT2D eigenvalue weighted by Gasteiger charge is -2.10. The van der Waals surface area contributed by atoms with E-state index in [1.165, 1.54) is 5.56 Å². The SMILES string of the molecule is CCc1nc(-c2ccc(CO)cc2)cnc1NC(=O)CCCc1ccccc1. The predicted octanol–water partition coefficient (Wildman–Crippen LogP) is 4.16. The number of aryl methyl sites for hydroxylation is 2. The molecule has 28 heavy (non-hydrogen) atoms. The maximum atomic E-state index is 12.3. The van der Waals surface area contributed by atoms with Gasteiger partial charge in [0, 0.05) is 12.0 Å². The number of amides is 1. The summed E-state index contributed by atoms with van der Waals surface area (Å²) < 4.78 is 0. The second-order valence-electron chi connectivity index (χ2n) is 6.65. The lowest BCUT2D eigenvalue weighted by atomic mass is 10.1. The number of carbonyl (C=O) groups is 1. The number of hydrogen-bond acceptors (Lipinski definition) is 4. The predicted molar refractivity (Wildman–Crippen MR) is 111 cm³/mol. The van der Waals surface area contributed by atoms with Gasteiger partial charge >= 0.3 is 0 Å². The zero-order valence-electron chi connectivity index (χ0n) is 16.1. The van der Waals surface area contributed by atoms with Crippen molar-refractivity contribution in [2.45, 2.75) is 39.2 Å². The van der Waals surface area contributed by atoms with Crippen LogP contribution < -0.4 is 5.32 Å². The fourth-order valence-corrected chi connectivity index (χ4v) is 2.99. The van der Waals surface area contributed by atoms with Gasteiger partial charge in [-0.3, -0.25) is 4.79 Å². The highest BCUT2D eigenvalue weighted by Crippen LogP contribution is 2.21. The quantitative estimate of drug-likeness (QED) is 0.620. The van der Waals surface area contributed by atoms with Crippen molar-refractivity contribution in [2.24, 2.45) is 0 Å². The van der Waals surface area contributed by atoms with E-state index in [-0.39, 0.29) is 12.5 Å². The van der Waals surface area contributed by atoms with Crippen molar-refractivity contribution in [2.75, 3.05) is 5.32 Å². The molecule has 0 fully saturated rings. The van der Waals surface area contributed by atoms with E-state index in [2.05, 4.69) is 27.4 Å². The third-order valence-electron chi connectivity index (χ3n) is 4.58. The third-order valence-corrected chi connectivity index (χ3v) is 4.58. The topological polar surface area (TPSA) is 75.1 Å². The second-order valence-corrected chi connectivity index (χ2v) is 6.65. The third kappa shape index (κ3) is 5.24. The van der Waals surface area contributed by atoms with Gasteiger partial charge in [0.05, 0.1) is 24.2 Å². The van der Waals surface area contributed by atoms with Gasteiger partial charge in [-0.1, -0.05) is 61.5 Å². The largest absolute Gasteiger partial charge is 0.392 e. The summed E-state index contributed by atoms with van der Waals surface area (Å²) >= 11 is 0. The fourth-order valence-electron chi connectivity index (χ4n) is 2.99. The normalized spacial score (nSPS) is 10.6. The molecule has 0 saturated carbocycles. The van der Waals surface area contributed by atoms with Crippen LogP contribution >= 0.6 is 0 Å². The Kier molecular flexibility index (Phi) is 6.87. The average molecular weight is 375 g/mol. The number of benzene rings is 2. The highest BCUT2D eigenvalue weighted by Gasteiger charge is 2.11. The van der Waals surface area contributed by atoms with Crippen molar-refractivity contribution in [3.05, 3.63) is 77.6 Å². The Morgan fingerprint density at radius 3 is 2.46 bits per heavy atom. The molecule has 0 unspecified atom stereocenters. The Hall–Kier alpha value is -3.05. The summed E-state index contributed by atoms with van der Waals surface area (Å²) in [6.45, 7) is 2.01. The first kappa shape index (κ1) is 19.7. The van der Waals surface area contributed by atoms with Crippen LogP contribution in [0.2, 0.25) is 0 Å². The van der Waals surface area contributed by atoms with E-state index in [0.717, 1.165) is 35.4 Å². The minimum Gasteiger partial charge on any atom is -0.392 e. The van der Waals surface area contributed by atoms with E-state index in [0.29, 0.717) is 18.7 Å². The molecule has 0 bridgehead atoms. The van der Waals surface area contributed by atoms with Crippen LogP contribution in [-0.4, -0.2) is 21.0 Å². The second kappa shape index (κ2) is 9.76. The summed E-state index contributed by atoms with van der Waals surface area (Å²) in [5, 5.41) is 12.1. The Morgan fingerprint density at radius 1 is 1.04 bits per heavy atom. The van der Waals surface area contributed by atoms with E-state index in [4.69, 9.17) is 5.11 Å². The summed E-state index contributed by atoms with van der Waals surface area (Å²) in [4.78, 5) is 21.4. The number of aliphatic hydroxyl groups is 1. The van der Waals surface area contributed by atoms with Crippen molar-refractivity contribution in [1.82, 2.24) is 9.97 Å². The number of aromatic nitrogens is 2. The van der Waals surface area contributed by atoms with Gasteiger partial charge in [-0.2, -0.15) is 0 Å². The van der Waals surface area contributed by atoms with E-state index in [9.17, 15) is 4.79 Å². The van der Waals surface area contributed by atoms with Gasteiger partial charge in [-0.25, -0.2) is 9.97 Å². The van der Waals surface area contributed by atoms with Crippen molar-refractivity contribution in [1.29, 1.82) is 0 Å². The van der Waals surface area contributed by atoms with Crippen molar-refractivity contribution < 1.29 is 9.90 Å². The lowest BCUT2D eigenvalue weighted by molar-refractivity contribution is -0.116. The highest BCUT2D eigenvalue weighted by molar-refractivity contribution is 5.90. The van der Waals surface area contributed by atoms with Gasteiger partial charge in [0.15, 0.2) is 5.82 Å². The summed E-state index contributed by atoms with van der Waals surface area (Å²) in [6.07, 6.45) is 4.47. The number of aliphatic hydroxyl groups excluding tert-OH is 1. The molecule has 0 atom stereocenters. The molecule has 0 aliphatic rings. The Morgan fingerprint density at radius 2 is 1.79 bits per heavy atom. The number of nitrogens with zero attached hydrogens (tertiary/aromatic N) is 2. The van der Waals surface area contributed by atoms with Crippen LogP contribution in [0.15, 0.2) is 60.8 Å². The molecular formula is C23H25N3O2. The maximum absolute atomic E-state index is 12.3. The molecule has 2 N–H and O–H groups in total. The average Bonchev–Trinajstić information content (AvgIpc) is 2.75. The highest BCUT2D eigenvalue weighted by atomic mass is 16.3. The van der Waals surface area contributed by atoms with Crippen molar-refractivity contribution in [3.63, 3.8) is 0 Å². The first-order valence-electron chi connectivity index (χ1n) is 9.59. The van der Waals surface area contributed by atoms with Gasteiger partial charge in [-0.05, 0) is 30.4 Å². The standard InChI is InChI=1S/C23H25N3O2/c1-2-20-23(26-22(28)10-6-9-17-7-4-3-5-8-17)24-15-21(25-20)19-13-11-18(16-27)12-14-19/h3-5,7-8,11-15,27H,2,6,9-10,16H2,1H3,(H,24,26,28). The molecule has 0 aliphatic heterocycles. The maximum Gasteiger partial charge on any atom is 0.225 e. The smallest absolute Gasteiger partial charge is 0.225 e.